The van der Waals surface area contributed by atoms with Gasteiger partial charge in [-0.25, -0.2) is 0 Å². The molecule has 2 unspecified atom stereocenters. The Hall–Kier alpha value is -1.36. The molecular formula is C16H29N3O2. The Kier molecular flexibility index (Phi) is 6.40. The Morgan fingerprint density at radius 2 is 1.95 bits per heavy atom. The highest BCUT2D eigenvalue weighted by Gasteiger charge is 2.21. The van der Waals surface area contributed by atoms with Crippen LogP contribution in [0.15, 0.2) is 0 Å². The maximum atomic E-state index is 12.3. The van der Waals surface area contributed by atoms with Crippen LogP contribution in [0.1, 0.15) is 44.1 Å². The molecule has 0 saturated heterocycles. The fourth-order valence-corrected chi connectivity index (χ4v) is 2.60. The van der Waals surface area contributed by atoms with Gasteiger partial charge < -0.3 is 10.4 Å². The van der Waals surface area contributed by atoms with Gasteiger partial charge in [0.2, 0.25) is 5.91 Å². The van der Waals surface area contributed by atoms with Crippen LogP contribution in [0.5, 0.6) is 0 Å². The summed E-state index contributed by atoms with van der Waals surface area (Å²) in [6.07, 6.45) is 1.47. The first-order valence-electron chi connectivity index (χ1n) is 7.66. The minimum atomic E-state index is -0.156. The van der Waals surface area contributed by atoms with Gasteiger partial charge in [-0.1, -0.05) is 20.8 Å². The van der Waals surface area contributed by atoms with E-state index in [1.807, 2.05) is 32.5 Å². The van der Waals surface area contributed by atoms with Crippen molar-refractivity contribution in [3.63, 3.8) is 0 Å². The summed E-state index contributed by atoms with van der Waals surface area (Å²) in [5.74, 6) is 0.311. The molecule has 2 atom stereocenters. The number of amides is 1. The normalized spacial score (nSPS) is 14.3. The molecule has 5 nitrogen and oxygen atoms in total. The monoisotopic (exact) mass is 295 g/mol. The average molecular weight is 295 g/mol. The van der Waals surface area contributed by atoms with E-state index in [0.29, 0.717) is 12.3 Å². The quantitative estimate of drug-likeness (QED) is 0.805. The van der Waals surface area contributed by atoms with Crippen LogP contribution in [-0.4, -0.2) is 33.4 Å². The van der Waals surface area contributed by atoms with Crippen molar-refractivity contribution in [1.82, 2.24) is 15.1 Å². The van der Waals surface area contributed by atoms with Gasteiger partial charge in [-0.15, -0.1) is 0 Å². The number of nitrogens with one attached hydrogen (secondary N) is 1. The minimum Gasteiger partial charge on any atom is -0.394 e. The number of rotatable bonds is 7. The predicted octanol–water partition coefficient (Wildman–Crippen LogP) is 1.74. The lowest BCUT2D eigenvalue weighted by molar-refractivity contribution is -0.125. The molecule has 0 aromatic carbocycles. The van der Waals surface area contributed by atoms with Crippen LogP contribution in [0.4, 0.5) is 0 Å². The minimum absolute atomic E-state index is 0.00245. The highest BCUT2D eigenvalue weighted by Crippen LogP contribution is 2.17. The zero-order valence-electron chi connectivity index (χ0n) is 14.1. The molecule has 0 aliphatic heterocycles. The number of aliphatic hydroxyl groups is 1. The van der Waals surface area contributed by atoms with Gasteiger partial charge >= 0.3 is 0 Å². The van der Waals surface area contributed by atoms with Crippen molar-refractivity contribution >= 4 is 5.91 Å². The highest BCUT2D eigenvalue weighted by atomic mass is 16.3. The molecule has 1 aromatic rings. The Morgan fingerprint density at radius 3 is 2.38 bits per heavy atom. The third-order valence-corrected chi connectivity index (χ3v) is 3.94. The first-order valence-corrected chi connectivity index (χ1v) is 7.66. The Morgan fingerprint density at radius 1 is 1.33 bits per heavy atom. The van der Waals surface area contributed by atoms with Crippen molar-refractivity contribution in [3.8, 4) is 0 Å². The molecule has 0 fully saturated rings. The standard InChI is InChI=1S/C16H29N3O2/c1-10(2)7-14(9-20)17-16(21)11(3)8-15-12(4)18-19(6)13(15)5/h10-11,14,20H,7-9H2,1-6H3,(H,17,21). The van der Waals surface area contributed by atoms with Gasteiger partial charge in [0, 0.05) is 18.7 Å². The second-order valence-electron chi connectivity index (χ2n) is 6.40. The molecule has 1 amide bonds. The predicted molar refractivity (Wildman–Crippen MR) is 84.0 cm³/mol. The first kappa shape index (κ1) is 17.7. The molecule has 5 heteroatoms. The molecule has 0 bridgehead atoms. The van der Waals surface area contributed by atoms with Crippen LogP contribution in [0.2, 0.25) is 0 Å². The Bertz CT molecular complexity index is 480. The van der Waals surface area contributed by atoms with Gasteiger partial charge in [-0.2, -0.15) is 5.10 Å². The lowest BCUT2D eigenvalue weighted by atomic mass is 9.97. The molecule has 0 aliphatic carbocycles. The smallest absolute Gasteiger partial charge is 0.223 e. The maximum Gasteiger partial charge on any atom is 0.223 e. The molecule has 0 aliphatic rings. The maximum absolute atomic E-state index is 12.3. The van der Waals surface area contributed by atoms with Crippen LogP contribution in [0.3, 0.4) is 0 Å². The van der Waals surface area contributed by atoms with Crippen LogP contribution in [-0.2, 0) is 18.3 Å². The number of hydrogen-bond acceptors (Lipinski definition) is 3. The summed E-state index contributed by atoms with van der Waals surface area (Å²) >= 11 is 0. The van der Waals surface area contributed by atoms with Crippen molar-refractivity contribution in [3.05, 3.63) is 17.0 Å². The summed E-state index contributed by atoms with van der Waals surface area (Å²) in [6.45, 7) is 10.1. The van der Waals surface area contributed by atoms with Gasteiger partial charge in [0.1, 0.15) is 0 Å². The van der Waals surface area contributed by atoms with Gasteiger partial charge in [-0.05, 0) is 38.2 Å². The number of aliphatic hydroxyl groups excluding tert-OH is 1. The van der Waals surface area contributed by atoms with Crippen LogP contribution < -0.4 is 5.32 Å². The van der Waals surface area contributed by atoms with Crippen molar-refractivity contribution < 1.29 is 9.90 Å². The fraction of sp³-hybridized carbons (Fsp3) is 0.750. The Balaban J connectivity index is 2.66. The second kappa shape index (κ2) is 7.59. The third-order valence-electron chi connectivity index (χ3n) is 3.94. The van der Waals surface area contributed by atoms with E-state index in [9.17, 15) is 9.90 Å². The average Bonchev–Trinajstić information content (AvgIpc) is 2.63. The van der Waals surface area contributed by atoms with Gasteiger partial charge in [0.05, 0.1) is 18.3 Å². The van der Waals surface area contributed by atoms with E-state index in [4.69, 9.17) is 0 Å². The summed E-state index contributed by atoms with van der Waals surface area (Å²) in [5.41, 5.74) is 3.23. The lowest BCUT2D eigenvalue weighted by Gasteiger charge is -2.21. The van der Waals surface area contributed by atoms with E-state index in [1.54, 1.807) is 0 Å². The fourth-order valence-electron chi connectivity index (χ4n) is 2.60. The van der Waals surface area contributed by atoms with Gasteiger partial charge in [0.25, 0.3) is 0 Å². The Labute approximate surface area is 127 Å². The number of aromatic nitrogens is 2. The lowest BCUT2D eigenvalue weighted by Crippen LogP contribution is -2.41. The number of carbonyl (C=O) groups excluding carboxylic acids is 1. The summed E-state index contributed by atoms with van der Waals surface area (Å²) < 4.78 is 1.85. The molecule has 21 heavy (non-hydrogen) atoms. The molecule has 120 valence electrons. The third kappa shape index (κ3) is 4.84. The molecular weight excluding hydrogens is 266 g/mol. The zero-order valence-corrected chi connectivity index (χ0v) is 14.1. The molecule has 1 rings (SSSR count). The summed E-state index contributed by atoms with van der Waals surface area (Å²) in [7, 11) is 1.92. The van der Waals surface area contributed by atoms with Crippen molar-refractivity contribution in [2.24, 2.45) is 18.9 Å². The molecule has 0 saturated carbocycles. The van der Waals surface area contributed by atoms with Crippen LogP contribution in [0, 0.1) is 25.7 Å². The van der Waals surface area contributed by atoms with E-state index in [0.717, 1.165) is 23.4 Å². The molecule has 0 radical (unpaired) electrons. The van der Waals surface area contributed by atoms with E-state index in [1.165, 1.54) is 0 Å². The first-order chi connectivity index (χ1) is 9.76. The second-order valence-corrected chi connectivity index (χ2v) is 6.40. The SMILES string of the molecule is Cc1nn(C)c(C)c1CC(C)C(=O)NC(CO)CC(C)C. The number of aryl methyl sites for hydroxylation is 2. The zero-order chi connectivity index (χ0) is 16.2. The molecule has 1 heterocycles. The topological polar surface area (TPSA) is 67.2 Å². The molecule has 0 spiro atoms. The van der Waals surface area contributed by atoms with E-state index >= 15 is 0 Å². The van der Waals surface area contributed by atoms with Crippen LogP contribution in [0.25, 0.3) is 0 Å². The van der Waals surface area contributed by atoms with E-state index < -0.39 is 0 Å². The number of hydrogen-bond donors (Lipinski definition) is 2. The van der Waals surface area contributed by atoms with E-state index in [-0.39, 0.29) is 24.5 Å². The summed E-state index contributed by atoms with van der Waals surface area (Å²) in [5, 5.41) is 16.7. The molecule has 2 N–H and O–H groups in total. The van der Waals surface area contributed by atoms with Crippen molar-refractivity contribution in [2.45, 2.75) is 53.5 Å². The van der Waals surface area contributed by atoms with Crippen molar-refractivity contribution in [1.29, 1.82) is 0 Å². The van der Waals surface area contributed by atoms with Gasteiger partial charge in [0.15, 0.2) is 0 Å². The number of nitrogens with zero attached hydrogens (tertiary/aromatic N) is 2. The van der Waals surface area contributed by atoms with Gasteiger partial charge in [-0.3, -0.25) is 9.48 Å². The summed E-state index contributed by atoms with van der Waals surface area (Å²) in [4.78, 5) is 12.3. The van der Waals surface area contributed by atoms with E-state index in [2.05, 4.69) is 24.3 Å². The largest absolute Gasteiger partial charge is 0.394 e. The highest BCUT2D eigenvalue weighted by molar-refractivity contribution is 5.79. The summed E-state index contributed by atoms with van der Waals surface area (Å²) in [6, 6.07) is -0.156. The number of carbonyl (C=O) groups is 1. The van der Waals surface area contributed by atoms with Crippen LogP contribution >= 0.6 is 0 Å². The molecule has 1 aromatic heterocycles. The van der Waals surface area contributed by atoms with Crippen molar-refractivity contribution in [2.75, 3.05) is 6.61 Å².